The van der Waals surface area contributed by atoms with E-state index < -0.39 is 5.60 Å². The molecule has 1 aromatic rings. The van der Waals surface area contributed by atoms with Gasteiger partial charge in [0.05, 0.1) is 0 Å². The van der Waals surface area contributed by atoms with Gasteiger partial charge in [-0.25, -0.2) is 9.78 Å². The van der Waals surface area contributed by atoms with E-state index in [-0.39, 0.29) is 29.5 Å². The van der Waals surface area contributed by atoms with Crippen molar-refractivity contribution in [3.63, 3.8) is 0 Å². The molecular formula is C18H19ClO4. The molecule has 1 heterocycles. The quantitative estimate of drug-likeness (QED) is 0.479. The number of rotatable bonds is 3. The first-order chi connectivity index (χ1) is 10.9. The number of fused-ring (bicyclic) bond motifs is 2. The fourth-order valence-electron chi connectivity index (χ4n) is 3.11. The van der Waals surface area contributed by atoms with Gasteiger partial charge in [0.1, 0.15) is 17.5 Å². The Morgan fingerprint density at radius 3 is 2.74 bits per heavy atom. The molecule has 0 radical (unpaired) electrons. The third-order valence-electron chi connectivity index (χ3n) is 4.89. The predicted molar refractivity (Wildman–Crippen MR) is 86.2 cm³/mol. The Kier molecular flexibility index (Phi) is 4.41. The minimum absolute atomic E-state index is 0.0271. The smallest absolute Gasteiger partial charge is 0.185 e. The number of allylic oxidation sites excluding steroid dienone is 1. The fourth-order valence-corrected chi connectivity index (χ4v) is 3.24. The van der Waals surface area contributed by atoms with E-state index in [0.29, 0.717) is 17.0 Å². The maximum atomic E-state index is 12.2. The molecule has 1 aliphatic carbocycles. The Labute approximate surface area is 140 Å². The highest BCUT2D eigenvalue weighted by atomic mass is 35.5. The normalized spacial score (nSPS) is 33.9. The molecular weight excluding hydrogens is 316 g/mol. The lowest BCUT2D eigenvalue weighted by Crippen LogP contribution is -2.52. The Morgan fingerprint density at radius 2 is 2.04 bits per heavy atom. The van der Waals surface area contributed by atoms with Crippen LogP contribution in [0, 0.1) is 11.8 Å². The highest BCUT2D eigenvalue weighted by molar-refractivity contribution is 6.30. The number of benzene rings is 1. The number of ketones is 2. The number of hydrogen-bond donors (Lipinski definition) is 0. The second-order valence-corrected chi connectivity index (χ2v) is 6.93. The number of halogens is 1. The molecule has 4 unspecified atom stereocenters. The Bertz CT molecular complexity index is 651. The topological polar surface area (TPSA) is 52.6 Å². The summed E-state index contributed by atoms with van der Waals surface area (Å²) in [6, 6.07) is 6.71. The van der Waals surface area contributed by atoms with Crippen LogP contribution in [0.2, 0.25) is 5.02 Å². The van der Waals surface area contributed by atoms with Crippen molar-refractivity contribution in [1.82, 2.24) is 0 Å². The summed E-state index contributed by atoms with van der Waals surface area (Å²) >= 11 is 5.82. The van der Waals surface area contributed by atoms with Gasteiger partial charge in [-0.2, -0.15) is 0 Å². The summed E-state index contributed by atoms with van der Waals surface area (Å²) in [6.45, 7) is 3.72. The molecule has 1 saturated heterocycles. The third-order valence-corrected chi connectivity index (χ3v) is 5.14. The standard InChI is InChI=1S/C18H19ClO4/c1-11-16(21)9-13-10-17(11)22-23-18(13,2)8-7-15(20)12-3-5-14(19)6-4-12/h3-8,11,13,17H,9-10H2,1-2H3/b8-7+. The van der Waals surface area contributed by atoms with Crippen molar-refractivity contribution >= 4 is 23.2 Å². The van der Waals surface area contributed by atoms with Crippen LogP contribution in [-0.4, -0.2) is 23.3 Å². The average Bonchev–Trinajstić information content (AvgIpc) is 2.54. The first-order valence-corrected chi connectivity index (χ1v) is 8.13. The first kappa shape index (κ1) is 16.4. The van der Waals surface area contributed by atoms with Crippen molar-refractivity contribution in [3.8, 4) is 0 Å². The van der Waals surface area contributed by atoms with E-state index in [1.807, 2.05) is 13.8 Å². The van der Waals surface area contributed by atoms with Gasteiger partial charge in [-0.1, -0.05) is 18.5 Å². The molecule has 122 valence electrons. The van der Waals surface area contributed by atoms with Gasteiger partial charge in [-0.3, -0.25) is 9.59 Å². The van der Waals surface area contributed by atoms with Crippen LogP contribution in [-0.2, 0) is 14.6 Å². The van der Waals surface area contributed by atoms with E-state index in [2.05, 4.69) is 0 Å². The van der Waals surface area contributed by atoms with Crippen molar-refractivity contribution in [2.45, 2.75) is 38.4 Å². The summed E-state index contributed by atoms with van der Waals surface area (Å²) in [5, 5.41) is 0.586. The molecule has 1 aliphatic heterocycles. The SMILES string of the molecule is CC1C(=O)CC2CC1OOC2(C)/C=C/C(=O)c1ccc(Cl)cc1. The highest BCUT2D eigenvalue weighted by Gasteiger charge is 2.48. The van der Waals surface area contributed by atoms with Crippen LogP contribution in [0.3, 0.4) is 0 Å². The molecule has 2 aliphatic rings. The minimum atomic E-state index is -0.769. The van der Waals surface area contributed by atoms with Crippen molar-refractivity contribution in [3.05, 3.63) is 47.0 Å². The van der Waals surface area contributed by atoms with Gasteiger partial charge in [0, 0.05) is 28.8 Å². The molecule has 1 saturated carbocycles. The van der Waals surface area contributed by atoms with Gasteiger partial charge in [0.15, 0.2) is 5.78 Å². The monoisotopic (exact) mass is 334 g/mol. The Balaban J connectivity index is 1.75. The largest absolute Gasteiger partial charge is 0.299 e. The van der Waals surface area contributed by atoms with Crippen molar-refractivity contribution in [2.24, 2.45) is 11.8 Å². The zero-order valence-electron chi connectivity index (χ0n) is 13.1. The van der Waals surface area contributed by atoms with Crippen molar-refractivity contribution < 1.29 is 19.4 Å². The minimum Gasteiger partial charge on any atom is -0.299 e. The number of carbonyl (C=O) groups is 2. The molecule has 1 aromatic carbocycles. The zero-order valence-corrected chi connectivity index (χ0v) is 13.9. The lowest BCUT2D eigenvalue weighted by molar-refractivity contribution is -0.415. The number of Topliss-reactive ketones (excluding diaryl/α,β-unsaturated/α-hetero) is 1. The summed E-state index contributed by atoms with van der Waals surface area (Å²) < 4.78 is 0. The van der Waals surface area contributed by atoms with Crippen LogP contribution in [0.4, 0.5) is 0 Å². The second kappa shape index (κ2) is 6.19. The zero-order chi connectivity index (χ0) is 16.6. The molecule has 4 nitrogen and oxygen atoms in total. The predicted octanol–water partition coefficient (Wildman–Crippen LogP) is 3.78. The summed E-state index contributed by atoms with van der Waals surface area (Å²) in [7, 11) is 0. The van der Waals surface area contributed by atoms with Gasteiger partial charge >= 0.3 is 0 Å². The molecule has 2 bridgehead atoms. The molecule has 0 aromatic heterocycles. The number of hydrogen-bond acceptors (Lipinski definition) is 4. The van der Waals surface area contributed by atoms with Crippen LogP contribution >= 0.6 is 11.6 Å². The Morgan fingerprint density at radius 1 is 1.35 bits per heavy atom. The molecule has 2 fully saturated rings. The van der Waals surface area contributed by atoms with Gasteiger partial charge in [-0.05, 0) is 49.8 Å². The van der Waals surface area contributed by atoms with Crippen molar-refractivity contribution in [2.75, 3.05) is 0 Å². The molecule has 0 spiro atoms. The Hall–Kier alpha value is -1.49. The van der Waals surface area contributed by atoms with Crippen LogP contribution in [0.1, 0.15) is 37.0 Å². The van der Waals surface area contributed by atoms with E-state index in [4.69, 9.17) is 21.4 Å². The lowest BCUT2D eigenvalue weighted by atomic mass is 9.71. The fraction of sp³-hybridized carbons (Fsp3) is 0.444. The van der Waals surface area contributed by atoms with Gasteiger partial charge < -0.3 is 0 Å². The van der Waals surface area contributed by atoms with E-state index >= 15 is 0 Å². The maximum Gasteiger partial charge on any atom is 0.185 e. The van der Waals surface area contributed by atoms with Crippen LogP contribution < -0.4 is 0 Å². The molecule has 3 rings (SSSR count). The summed E-state index contributed by atoms with van der Waals surface area (Å²) in [6.07, 6.45) is 4.22. The van der Waals surface area contributed by atoms with Gasteiger partial charge in [0.25, 0.3) is 0 Å². The average molecular weight is 335 g/mol. The van der Waals surface area contributed by atoms with Gasteiger partial charge in [0.2, 0.25) is 0 Å². The number of carbonyl (C=O) groups excluding carboxylic acids is 2. The molecule has 0 N–H and O–H groups in total. The third kappa shape index (κ3) is 3.25. The maximum absolute atomic E-state index is 12.2. The second-order valence-electron chi connectivity index (χ2n) is 6.50. The van der Waals surface area contributed by atoms with Crippen LogP contribution in [0.25, 0.3) is 0 Å². The molecule has 5 heteroatoms. The lowest BCUT2D eigenvalue weighted by Gasteiger charge is -2.45. The summed E-state index contributed by atoms with van der Waals surface area (Å²) in [5.41, 5.74) is -0.216. The van der Waals surface area contributed by atoms with Crippen molar-refractivity contribution in [1.29, 1.82) is 0 Å². The van der Waals surface area contributed by atoms with E-state index in [0.717, 1.165) is 6.42 Å². The van der Waals surface area contributed by atoms with Crippen LogP contribution in [0.15, 0.2) is 36.4 Å². The van der Waals surface area contributed by atoms with Crippen LogP contribution in [0.5, 0.6) is 0 Å². The van der Waals surface area contributed by atoms with E-state index in [1.165, 1.54) is 6.08 Å². The van der Waals surface area contributed by atoms with E-state index in [1.54, 1.807) is 30.3 Å². The summed E-state index contributed by atoms with van der Waals surface area (Å²) in [5.74, 6) is -0.0444. The summed E-state index contributed by atoms with van der Waals surface area (Å²) in [4.78, 5) is 35.2. The highest BCUT2D eigenvalue weighted by Crippen LogP contribution is 2.42. The van der Waals surface area contributed by atoms with Gasteiger partial charge in [-0.15, -0.1) is 0 Å². The molecule has 4 atom stereocenters. The molecule has 23 heavy (non-hydrogen) atoms. The molecule has 0 amide bonds. The first-order valence-electron chi connectivity index (χ1n) is 7.75. The van der Waals surface area contributed by atoms with E-state index in [9.17, 15) is 9.59 Å².